The maximum Gasteiger partial charge on any atom is 0.347 e. The van der Waals surface area contributed by atoms with Crippen molar-refractivity contribution in [1.82, 2.24) is 0 Å². The highest BCUT2D eigenvalue weighted by Crippen LogP contribution is 2.38. The van der Waals surface area contributed by atoms with E-state index in [-0.39, 0.29) is 24.5 Å². The minimum absolute atomic E-state index is 0.0783. The number of carbonyl (C=O) groups excluding carboxylic acids is 2. The number of benzene rings is 3. The fourth-order valence-corrected chi connectivity index (χ4v) is 4.38. The first-order chi connectivity index (χ1) is 16.3. The molecule has 7 nitrogen and oxygen atoms in total. The van der Waals surface area contributed by atoms with Gasteiger partial charge in [0.25, 0.3) is 0 Å². The highest BCUT2D eigenvalue weighted by atomic mass is 79.9. The summed E-state index contributed by atoms with van der Waals surface area (Å²) in [4.78, 5) is 29.0. The van der Waals surface area contributed by atoms with Gasteiger partial charge in [-0.15, -0.1) is 0 Å². The molecule has 0 aliphatic rings. The molecule has 0 radical (unpaired) electrons. The first kappa shape index (κ1) is 25.7. The Morgan fingerprint density at radius 1 is 1.09 bits per heavy atom. The number of ketones is 1. The summed E-state index contributed by atoms with van der Waals surface area (Å²) in [6, 6.07) is 14.3. The van der Waals surface area contributed by atoms with Crippen LogP contribution in [-0.4, -0.2) is 36.3 Å². The van der Waals surface area contributed by atoms with E-state index in [0.717, 1.165) is 0 Å². The molecule has 0 atom stereocenters. The van der Waals surface area contributed by atoms with Gasteiger partial charge in [0.05, 0.1) is 27.3 Å². The van der Waals surface area contributed by atoms with Crippen LogP contribution < -0.4 is 4.74 Å². The third kappa shape index (κ3) is 6.82. The van der Waals surface area contributed by atoms with Crippen molar-refractivity contribution in [1.29, 1.82) is 0 Å². The van der Waals surface area contributed by atoms with E-state index in [2.05, 4.69) is 37.0 Å². The fourth-order valence-electron chi connectivity index (χ4n) is 2.81. The number of esters is 1. The molecule has 0 saturated carbocycles. The molecule has 0 amide bonds. The zero-order valence-electron chi connectivity index (χ0n) is 17.8. The molecule has 10 heteroatoms. The quantitative estimate of drug-likeness (QED) is 0.128. The molecule has 0 aromatic heterocycles. The van der Waals surface area contributed by atoms with Crippen LogP contribution in [0, 0.1) is 0 Å². The van der Waals surface area contributed by atoms with Gasteiger partial charge >= 0.3 is 5.97 Å². The van der Waals surface area contributed by atoms with E-state index in [9.17, 15) is 14.7 Å². The molecule has 3 aromatic rings. The Hall–Kier alpha value is -2.88. The molecule has 0 fully saturated rings. The summed E-state index contributed by atoms with van der Waals surface area (Å²) in [5.74, 6) is -0.295. The van der Waals surface area contributed by atoms with Gasteiger partial charge in [0.15, 0.2) is 11.5 Å². The molecular formula is C24H18Br2ClNO6. The second kappa shape index (κ2) is 12.0. The van der Waals surface area contributed by atoms with Gasteiger partial charge in [-0.2, -0.15) is 0 Å². The number of phenols is 1. The maximum atomic E-state index is 12.9. The highest BCUT2D eigenvalue weighted by Gasteiger charge is 2.17. The van der Waals surface area contributed by atoms with Crippen LogP contribution in [-0.2, 0) is 14.4 Å². The molecule has 3 rings (SSSR count). The van der Waals surface area contributed by atoms with Crippen molar-refractivity contribution in [2.75, 3.05) is 13.2 Å². The number of carbonyl (C=O) groups is 2. The molecule has 0 spiro atoms. The number of aromatic hydroxyl groups is 1. The largest absolute Gasteiger partial charge is 0.507 e. The van der Waals surface area contributed by atoms with Crippen LogP contribution >= 0.6 is 43.5 Å². The summed E-state index contributed by atoms with van der Waals surface area (Å²) in [7, 11) is 0. The average Bonchev–Trinajstić information content (AvgIpc) is 2.80. The van der Waals surface area contributed by atoms with E-state index < -0.39 is 11.8 Å². The molecule has 0 heterocycles. The summed E-state index contributed by atoms with van der Waals surface area (Å²) in [6.45, 7) is 1.69. The Kier molecular flexibility index (Phi) is 9.09. The van der Waals surface area contributed by atoms with E-state index >= 15 is 0 Å². The number of halogens is 3. The van der Waals surface area contributed by atoms with Crippen molar-refractivity contribution in [3.8, 4) is 17.2 Å². The molecule has 0 aliphatic heterocycles. The van der Waals surface area contributed by atoms with Crippen LogP contribution in [0.1, 0.15) is 28.4 Å². The fraction of sp³-hybridized carbons (Fsp3) is 0.125. The van der Waals surface area contributed by atoms with Gasteiger partial charge < -0.3 is 19.4 Å². The highest BCUT2D eigenvalue weighted by molar-refractivity contribution is 9.11. The third-order valence-corrected chi connectivity index (χ3v) is 5.72. The Morgan fingerprint density at radius 3 is 2.50 bits per heavy atom. The van der Waals surface area contributed by atoms with Crippen LogP contribution in [0.2, 0.25) is 5.02 Å². The molecule has 34 heavy (non-hydrogen) atoms. The Labute approximate surface area is 217 Å². The SMILES string of the molecule is CCOC(=O)CO/N=C\c1cc(Br)c(Oc2ccc(O)c(C(=O)c3cccc(Cl)c3)c2)c(Br)c1. The number of hydrogen-bond acceptors (Lipinski definition) is 7. The number of rotatable bonds is 9. The van der Waals surface area contributed by atoms with Crippen molar-refractivity contribution in [2.45, 2.75) is 6.92 Å². The Morgan fingerprint density at radius 2 is 1.82 bits per heavy atom. The van der Waals surface area contributed by atoms with E-state index in [1.807, 2.05) is 0 Å². The lowest BCUT2D eigenvalue weighted by Gasteiger charge is -2.13. The third-order valence-electron chi connectivity index (χ3n) is 4.30. The zero-order valence-corrected chi connectivity index (χ0v) is 21.7. The van der Waals surface area contributed by atoms with Crippen molar-refractivity contribution in [3.63, 3.8) is 0 Å². The smallest absolute Gasteiger partial charge is 0.347 e. The van der Waals surface area contributed by atoms with Gasteiger partial charge in [-0.25, -0.2) is 4.79 Å². The number of ether oxygens (including phenoxy) is 2. The zero-order chi connectivity index (χ0) is 24.7. The van der Waals surface area contributed by atoms with E-state index in [4.69, 9.17) is 25.9 Å². The molecule has 3 aromatic carbocycles. The second-order valence-corrected chi connectivity index (χ2v) is 8.89. The molecule has 1 N–H and O–H groups in total. The van der Waals surface area contributed by atoms with Gasteiger partial charge in [0.1, 0.15) is 11.5 Å². The van der Waals surface area contributed by atoms with Crippen LogP contribution in [0.3, 0.4) is 0 Å². The number of nitrogens with zero attached hydrogens (tertiary/aromatic N) is 1. The van der Waals surface area contributed by atoms with E-state index in [1.165, 1.54) is 24.4 Å². The van der Waals surface area contributed by atoms with Gasteiger partial charge in [-0.05, 0) is 86.8 Å². The van der Waals surface area contributed by atoms with Crippen molar-refractivity contribution in [2.24, 2.45) is 5.16 Å². The van der Waals surface area contributed by atoms with Gasteiger partial charge in [0, 0.05) is 10.6 Å². The van der Waals surface area contributed by atoms with Gasteiger partial charge in [-0.3, -0.25) is 4.79 Å². The topological polar surface area (TPSA) is 94.4 Å². The predicted octanol–water partition coefficient (Wildman–Crippen LogP) is 6.51. The van der Waals surface area contributed by atoms with Crippen molar-refractivity contribution in [3.05, 3.63) is 85.3 Å². The van der Waals surface area contributed by atoms with Crippen LogP contribution in [0.15, 0.2) is 68.7 Å². The minimum Gasteiger partial charge on any atom is -0.507 e. The van der Waals surface area contributed by atoms with Gasteiger partial charge in [0.2, 0.25) is 6.61 Å². The van der Waals surface area contributed by atoms with Crippen molar-refractivity contribution >= 4 is 61.4 Å². The normalized spacial score (nSPS) is 10.8. The summed E-state index contributed by atoms with van der Waals surface area (Å²) in [5, 5.41) is 14.4. The summed E-state index contributed by atoms with van der Waals surface area (Å²) < 4.78 is 11.9. The lowest BCUT2D eigenvalue weighted by molar-refractivity contribution is -0.148. The van der Waals surface area contributed by atoms with Crippen molar-refractivity contribution < 1.29 is 29.0 Å². The van der Waals surface area contributed by atoms with E-state index in [0.29, 0.717) is 36.6 Å². The lowest BCUT2D eigenvalue weighted by Crippen LogP contribution is -2.10. The monoisotopic (exact) mass is 609 g/mol. The second-order valence-electron chi connectivity index (χ2n) is 6.75. The molecule has 0 aliphatic carbocycles. The number of hydrogen-bond donors (Lipinski definition) is 1. The Bertz CT molecular complexity index is 1220. The van der Waals surface area contributed by atoms with E-state index in [1.54, 1.807) is 43.3 Å². The van der Waals surface area contributed by atoms with Crippen LogP contribution in [0.4, 0.5) is 0 Å². The standard InChI is InChI=1S/C24H18Br2ClNO6/c1-2-32-22(30)13-33-28-12-14-8-19(25)24(20(26)9-14)34-17-6-7-21(29)18(11-17)23(31)15-4-3-5-16(27)10-15/h3-12,29H,2,13H2,1H3/b28-12-. The molecular weight excluding hydrogens is 594 g/mol. The van der Waals surface area contributed by atoms with Crippen LogP contribution in [0.25, 0.3) is 0 Å². The van der Waals surface area contributed by atoms with Crippen LogP contribution in [0.5, 0.6) is 17.2 Å². The minimum atomic E-state index is -0.507. The maximum absolute atomic E-state index is 12.9. The average molecular weight is 612 g/mol. The molecule has 0 saturated heterocycles. The number of oxime groups is 1. The summed E-state index contributed by atoms with van der Waals surface area (Å²) >= 11 is 12.9. The first-order valence-corrected chi connectivity index (χ1v) is 11.9. The first-order valence-electron chi connectivity index (χ1n) is 9.89. The lowest BCUT2D eigenvalue weighted by atomic mass is 10.0. The summed E-state index contributed by atoms with van der Waals surface area (Å²) in [6.07, 6.45) is 1.43. The molecule has 0 bridgehead atoms. The Balaban J connectivity index is 1.77. The molecule has 176 valence electrons. The molecule has 0 unspecified atom stereocenters. The summed E-state index contributed by atoms with van der Waals surface area (Å²) in [5.41, 5.74) is 1.09. The number of phenolic OH excluding ortho intramolecular Hbond substituents is 1. The van der Waals surface area contributed by atoms with Gasteiger partial charge in [-0.1, -0.05) is 28.9 Å². The predicted molar refractivity (Wildman–Crippen MR) is 135 cm³/mol.